The van der Waals surface area contributed by atoms with Crippen molar-refractivity contribution in [3.05, 3.63) is 23.8 Å². The summed E-state index contributed by atoms with van der Waals surface area (Å²) in [5.74, 6) is 0.762. The van der Waals surface area contributed by atoms with Crippen LogP contribution in [0.4, 0.5) is 0 Å². The molecule has 18 heavy (non-hydrogen) atoms. The van der Waals surface area contributed by atoms with Crippen LogP contribution in [-0.4, -0.2) is 40.9 Å². The third kappa shape index (κ3) is 6.64. The molecule has 0 spiro atoms. The summed E-state index contributed by atoms with van der Waals surface area (Å²) >= 11 is 0. The maximum Gasteiger partial charge on any atom is 0.125 e. The number of hydrogen-bond acceptors (Lipinski definition) is 5. The summed E-state index contributed by atoms with van der Waals surface area (Å²) in [5, 5.41) is 12.8. The summed E-state index contributed by atoms with van der Waals surface area (Å²) in [4.78, 5) is 8.30. The summed E-state index contributed by atoms with van der Waals surface area (Å²) in [6, 6.07) is 1.87. The molecule has 1 unspecified atom stereocenters. The maximum absolute atomic E-state index is 9.66. The number of nitrogens with one attached hydrogen (secondary N) is 1. The highest BCUT2D eigenvalue weighted by Crippen LogP contribution is 1.94. The van der Waals surface area contributed by atoms with E-state index in [9.17, 15) is 5.11 Å². The number of ether oxygens (including phenoxy) is 1. The van der Waals surface area contributed by atoms with Crippen LogP contribution in [0.2, 0.25) is 0 Å². The van der Waals surface area contributed by atoms with Crippen molar-refractivity contribution in [1.29, 1.82) is 0 Å². The average molecular weight is 253 g/mol. The van der Waals surface area contributed by atoms with Gasteiger partial charge in [-0.2, -0.15) is 0 Å². The van der Waals surface area contributed by atoms with Gasteiger partial charge in [-0.05, 0) is 19.4 Å². The van der Waals surface area contributed by atoms with Gasteiger partial charge in [-0.15, -0.1) is 0 Å². The summed E-state index contributed by atoms with van der Waals surface area (Å²) in [6.45, 7) is 6.23. The molecular formula is C13H23N3O2. The number of aliphatic hydroxyl groups is 1. The molecule has 0 aliphatic carbocycles. The molecule has 0 saturated carbocycles. The van der Waals surface area contributed by atoms with Gasteiger partial charge in [0.2, 0.25) is 0 Å². The van der Waals surface area contributed by atoms with Crippen LogP contribution in [0, 0.1) is 6.92 Å². The molecule has 102 valence electrons. The molecule has 5 nitrogen and oxygen atoms in total. The Morgan fingerprint density at radius 2 is 2.33 bits per heavy atom. The van der Waals surface area contributed by atoms with Gasteiger partial charge < -0.3 is 15.2 Å². The Bertz CT molecular complexity index is 334. The van der Waals surface area contributed by atoms with Crippen molar-refractivity contribution >= 4 is 0 Å². The van der Waals surface area contributed by atoms with Gasteiger partial charge in [-0.3, -0.25) is 0 Å². The predicted octanol–water partition coefficient (Wildman–Crippen LogP) is 1.05. The lowest BCUT2D eigenvalue weighted by Gasteiger charge is -2.12. The molecule has 0 fully saturated rings. The topological polar surface area (TPSA) is 67.3 Å². The van der Waals surface area contributed by atoms with E-state index in [0.29, 0.717) is 19.7 Å². The monoisotopic (exact) mass is 253 g/mol. The van der Waals surface area contributed by atoms with Gasteiger partial charge in [0.15, 0.2) is 0 Å². The number of nitrogens with zero attached hydrogens (tertiary/aromatic N) is 2. The van der Waals surface area contributed by atoms with Gasteiger partial charge in [0.1, 0.15) is 5.82 Å². The van der Waals surface area contributed by atoms with E-state index in [1.54, 1.807) is 6.20 Å². The third-order valence-electron chi connectivity index (χ3n) is 2.47. The Hall–Kier alpha value is -1.04. The molecular weight excluding hydrogens is 230 g/mol. The van der Waals surface area contributed by atoms with Crippen LogP contribution in [0.5, 0.6) is 0 Å². The molecule has 2 N–H and O–H groups in total. The summed E-state index contributed by atoms with van der Waals surface area (Å²) in [7, 11) is 0. The predicted molar refractivity (Wildman–Crippen MR) is 70.2 cm³/mol. The van der Waals surface area contributed by atoms with Crippen molar-refractivity contribution in [2.45, 2.75) is 39.3 Å². The molecule has 0 bridgehead atoms. The van der Waals surface area contributed by atoms with Crippen molar-refractivity contribution < 1.29 is 9.84 Å². The average Bonchev–Trinajstić information content (AvgIpc) is 2.35. The molecule has 0 amide bonds. The Morgan fingerprint density at radius 1 is 1.50 bits per heavy atom. The van der Waals surface area contributed by atoms with Crippen LogP contribution in [0.1, 0.15) is 31.3 Å². The first-order chi connectivity index (χ1) is 8.72. The van der Waals surface area contributed by atoms with Crippen molar-refractivity contribution in [3.8, 4) is 0 Å². The minimum Gasteiger partial charge on any atom is -0.389 e. The van der Waals surface area contributed by atoms with Crippen LogP contribution < -0.4 is 5.32 Å². The van der Waals surface area contributed by atoms with Crippen LogP contribution in [0.25, 0.3) is 0 Å². The molecule has 0 aliphatic heterocycles. The lowest BCUT2D eigenvalue weighted by molar-refractivity contribution is 0.0357. The van der Waals surface area contributed by atoms with E-state index in [4.69, 9.17) is 4.74 Å². The zero-order chi connectivity index (χ0) is 13.2. The number of rotatable bonds is 9. The fraction of sp³-hybridized carbons (Fsp3) is 0.692. The quantitative estimate of drug-likeness (QED) is 0.644. The van der Waals surface area contributed by atoms with Crippen LogP contribution >= 0.6 is 0 Å². The van der Waals surface area contributed by atoms with Crippen LogP contribution in [-0.2, 0) is 11.3 Å². The van der Waals surface area contributed by atoms with Crippen molar-refractivity contribution in [2.75, 3.05) is 19.8 Å². The van der Waals surface area contributed by atoms with Gasteiger partial charge >= 0.3 is 0 Å². The first kappa shape index (κ1) is 15.0. The lowest BCUT2D eigenvalue weighted by atomic mass is 10.3. The lowest BCUT2D eigenvalue weighted by Crippen LogP contribution is -2.30. The Labute approximate surface area is 109 Å². The Morgan fingerprint density at radius 3 is 3.06 bits per heavy atom. The highest BCUT2D eigenvalue weighted by Gasteiger charge is 2.04. The van der Waals surface area contributed by atoms with Crippen LogP contribution in [0.3, 0.4) is 0 Å². The molecule has 1 heterocycles. The van der Waals surface area contributed by atoms with Crippen molar-refractivity contribution in [1.82, 2.24) is 15.3 Å². The largest absolute Gasteiger partial charge is 0.389 e. The smallest absolute Gasteiger partial charge is 0.125 e. The first-order valence-corrected chi connectivity index (χ1v) is 6.47. The number of aryl methyl sites for hydroxylation is 1. The molecule has 1 atom stereocenters. The highest BCUT2D eigenvalue weighted by molar-refractivity contribution is 5.00. The molecule has 1 aromatic rings. The molecule has 0 saturated heterocycles. The van der Waals surface area contributed by atoms with E-state index in [2.05, 4.69) is 22.2 Å². The normalized spacial score (nSPS) is 12.6. The summed E-state index contributed by atoms with van der Waals surface area (Å²) < 4.78 is 5.34. The fourth-order valence-corrected chi connectivity index (χ4v) is 1.50. The second-order valence-corrected chi connectivity index (χ2v) is 4.31. The summed E-state index contributed by atoms with van der Waals surface area (Å²) in [6.07, 6.45) is 3.43. The minimum atomic E-state index is -0.468. The van der Waals surface area contributed by atoms with E-state index < -0.39 is 6.10 Å². The van der Waals surface area contributed by atoms with E-state index in [1.165, 1.54) is 0 Å². The molecule has 1 aromatic heterocycles. The van der Waals surface area contributed by atoms with Gasteiger partial charge in [0.05, 0.1) is 18.4 Å². The van der Waals surface area contributed by atoms with E-state index >= 15 is 0 Å². The third-order valence-corrected chi connectivity index (χ3v) is 2.47. The van der Waals surface area contributed by atoms with Gasteiger partial charge in [0.25, 0.3) is 0 Å². The standard InChI is InChI=1S/C13H23N3O2/c1-3-4-7-18-10-13(17)9-14-8-12-5-6-15-11(2)16-12/h5-6,13-14,17H,3-4,7-10H2,1-2H3. The zero-order valence-corrected chi connectivity index (χ0v) is 11.2. The zero-order valence-electron chi connectivity index (χ0n) is 11.2. The first-order valence-electron chi connectivity index (χ1n) is 6.47. The Balaban J connectivity index is 2.09. The Kier molecular flexibility index (Phi) is 7.48. The number of aromatic nitrogens is 2. The number of unbranched alkanes of at least 4 members (excludes halogenated alkanes) is 1. The van der Waals surface area contributed by atoms with E-state index in [0.717, 1.165) is 31.0 Å². The number of aliphatic hydroxyl groups excluding tert-OH is 1. The molecule has 0 radical (unpaired) electrons. The van der Waals surface area contributed by atoms with Gasteiger partial charge in [0, 0.05) is 25.9 Å². The fourth-order valence-electron chi connectivity index (χ4n) is 1.50. The molecule has 1 rings (SSSR count). The van der Waals surface area contributed by atoms with Crippen molar-refractivity contribution in [2.24, 2.45) is 0 Å². The molecule has 5 heteroatoms. The SMILES string of the molecule is CCCCOCC(O)CNCc1ccnc(C)n1. The van der Waals surface area contributed by atoms with E-state index in [1.807, 2.05) is 13.0 Å². The summed E-state index contributed by atoms with van der Waals surface area (Å²) in [5.41, 5.74) is 0.932. The maximum atomic E-state index is 9.66. The molecule has 0 aliphatic rings. The second-order valence-electron chi connectivity index (χ2n) is 4.31. The number of hydrogen-bond donors (Lipinski definition) is 2. The van der Waals surface area contributed by atoms with Gasteiger partial charge in [-0.25, -0.2) is 9.97 Å². The van der Waals surface area contributed by atoms with Crippen molar-refractivity contribution in [3.63, 3.8) is 0 Å². The minimum absolute atomic E-state index is 0.385. The highest BCUT2D eigenvalue weighted by atomic mass is 16.5. The van der Waals surface area contributed by atoms with Gasteiger partial charge in [-0.1, -0.05) is 13.3 Å². The van der Waals surface area contributed by atoms with Crippen LogP contribution in [0.15, 0.2) is 12.3 Å². The molecule has 0 aromatic carbocycles. The second kappa shape index (κ2) is 8.97. The van der Waals surface area contributed by atoms with E-state index in [-0.39, 0.29) is 0 Å².